The summed E-state index contributed by atoms with van der Waals surface area (Å²) in [7, 11) is 3.02. The molecule has 1 saturated heterocycles. The molecule has 0 radical (unpaired) electrons. The number of nitrogens with one attached hydrogen (secondary N) is 2. The maximum absolute atomic E-state index is 13.5. The smallest absolute Gasteiger partial charge is 0.408 e. The van der Waals surface area contributed by atoms with Crippen molar-refractivity contribution in [1.29, 1.82) is 0 Å². The number of aliphatic carboxylic acids is 1. The second kappa shape index (κ2) is 11.9. The lowest BCUT2D eigenvalue weighted by molar-refractivity contribution is -0.150. The maximum Gasteiger partial charge on any atom is 0.408 e. The number of carboxylic acid groups (broad SMARTS) is 1. The van der Waals surface area contributed by atoms with E-state index < -0.39 is 46.9 Å². The molecule has 1 aromatic carbocycles. The molecule has 2 aliphatic heterocycles. The van der Waals surface area contributed by atoms with Crippen LogP contribution in [-0.2, 0) is 30.5 Å². The molecule has 11 nitrogen and oxygen atoms in total. The molecular weight excluding hydrogens is 514 g/mol. The third-order valence-corrected chi connectivity index (χ3v) is 7.04. The van der Waals surface area contributed by atoms with Crippen molar-refractivity contribution in [3.63, 3.8) is 0 Å². The number of allylic oxidation sites excluding steroid dienone is 2. The van der Waals surface area contributed by atoms with Gasteiger partial charge in [-0.3, -0.25) is 14.5 Å². The Morgan fingerprint density at radius 3 is 2.55 bits per heavy atom. The average molecular weight is 548 g/mol. The van der Waals surface area contributed by atoms with Crippen LogP contribution in [0.15, 0.2) is 41.6 Å². The van der Waals surface area contributed by atoms with Crippen LogP contribution in [-0.4, -0.2) is 70.9 Å². The number of alkyl carbamates (subject to hydrolysis) is 1. The fourth-order valence-corrected chi connectivity index (χ4v) is 5.47. The predicted octanol–water partition coefficient (Wildman–Crippen LogP) is 2.72. The van der Waals surface area contributed by atoms with Gasteiger partial charge in [-0.05, 0) is 44.9 Å². The molecule has 3 rings (SSSR count). The molecule has 1 fully saturated rings. The molecule has 38 heavy (non-hydrogen) atoms. The quantitative estimate of drug-likeness (QED) is 0.398. The van der Waals surface area contributed by atoms with Crippen LogP contribution in [0.4, 0.5) is 4.79 Å². The zero-order valence-corrected chi connectivity index (χ0v) is 23.0. The van der Waals surface area contributed by atoms with Crippen molar-refractivity contribution in [1.82, 2.24) is 15.5 Å². The number of carbonyl (C=O) groups is 4. The van der Waals surface area contributed by atoms with Gasteiger partial charge in [0.2, 0.25) is 5.91 Å². The Labute approximate surface area is 225 Å². The van der Waals surface area contributed by atoms with Crippen molar-refractivity contribution in [2.24, 2.45) is 0 Å². The summed E-state index contributed by atoms with van der Waals surface area (Å²) in [4.78, 5) is 52.2. The van der Waals surface area contributed by atoms with Gasteiger partial charge in [-0.15, -0.1) is 11.8 Å². The Balaban J connectivity index is 1.88. The third kappa shape index (κ3) is 6.30. The molecule has 0 saturated carbocycles. The highest BCUT2D eigenvalue weighted by atomic mass is 32.2. The van der Waals surface area contributed by atoms with E-state index in [0.717, 1.165) is 5.56 Å². The van der Waals surface area contributed by atoms with Crippen LogP contribution in [0, 0.1) is 0 Å². The topological polar surface area (TPSA) is 144 Å². The summed E-state index contributed by atoms with van der Waals surface area (Å²) >= 11 is 1.35. The summed E-state index contributed by atoms with van der Waals surface area (Å²) in [5.74, 6) is -1.59. The van der Waals surface area contributed by atoms with Gasteiger partial charge in [-0.25, -0.2) is 9.59 Å². The lowest BCUT2D eigenvalue weighted by Crippen LogP contribution is -2.71. The second-order valence-corrected chi connectivity index (χ2v) is 10.8. The molecule has 206 valence electrons. The Bertz CT molecular complexity index is 1170. The molecule has 1 unspecified atom stereocenters. The Hall–Kier alpha value is -3.51. The monoisotopic (exact) mass is 547 g/mol. The number of ether oxygens (including phenoxy) is 3. The zero-order chi connectivity index (χ0) is 28.2. The van der Waals surface area contributed by atoms with Crippen LogP contribution in [0.3, 0.4) is 0 Å². The largest absolute Gasteiger partial charge is 0.496 e. The highest BCUT2D eigenvalue weighted by Gasteiger charge is 2.54. The van der Waals surface area contributed by atoms with Crippen LogP contribution in [0.25, 0.3) is 0 Å². The summed E-state index contributed by atoms with van der Waals surface area (Å²) in [5, 5.41) is 14.4. The van der Waals surface area contributed by atoms with Gasteiger partial charge in [0.05, 0.1) is 13.7 Å². The third-order valence-electron chi connectivity index (χ3n) is 5.73. The fraction of sp³-hybridized carbons (Fsp3) is 0.462. The molecule has 1 aromatic rings. The van der Waals surface area contributed by atoms with Gasteiger partial charge in [0, 0.05) is 18.4 Å². The van der Waals surface area contributed by atoms with Crippen LogP contribution in [0.1, 0.15) is 44.9 Å². The van der Waals surface area contributed by atoms with Gasteiger partial charge in [-0.2, -0.15) is 0 Å². The van der Waals surface area contributed by atoms with Crippen LogP contribution in [0.5, 0.6) is 5.75 Å². The van der Waals surface area contributed by atoms with E-state index >= 15 is 0 Å². The first kappa shape index (κ1) is 29.1. The molecule has 0 bridgehead atoms. The fourth-order valence-electron chi connectivity index (χ4n) is 4.15. The molecule has 0 aromatic heterocycles. The first-order valence-electron chi connectivity index (χ1n) is 11.9. The van der Waals surface area contributed by atoms with Crippen molar-refractivity contribution in [3.05, 3.63) is 52.7 Å². The number of nitrogens with zero attached hydrogens (tertiary/aromatic N) is 1. The molecule has 0 spiro atoms. The van der Waals surface area contributed by atoms with Crippen LogP contribution in [0.2, 0.25) is 0 Å². The van der Waals surface area contributed by atoms with Gasteiger partial charge in [-0.1, -0.05) is 24.3 Å². The minimum absolute atomic E-state index is 0.0933. The minimum atomic E-state index is -1.22. The minimum Gasteiger partial charge on any atom is -0.496 e. The van der Waals surface area contributed by atoms with E-state index in [2.05, 4.69) is 10.6 Å². The number of hydrogen-bond acceptors (Lipinski definition) is 8. The van der Waals surface area contributed by atoms with Crippen molar-refractivity contribution in [2.75, 3.05) is 20.0 Å². The number of hydrogen-bond donors (Lipinski definition) is 3. The molecule has 3 atom stereocenters. The van der Waals surface area contributed by atoms with Gasteiger partial charge >= 0.3 is 12.1 Å². The van der Waals surface area contributed by atoms with Gasteiger partial charge in [0.25, 0.3) is 5.91 Å². The van der Waals surface area contributed by atoms with Gasteiger partial charge in [0.1, 0.15) is 34.5 Å². The van der Waals surface area contributed by atoms with E-state index in [1.165, 1.54) is 23.8 Å². The second-order valence-electron chi connectivity index (χ2n) is 9.66. The molecule has 12 heteroatoms. The average Bonchev–Trinajstić information content (AvgIpc) is 2.84. The van der Waals surface area contributed by atoms with Crippen molar-refractivity contribution in [2.45, 2.75) is 57.4 Å². The highest BCUT2D eigenvalue weighted by Crippen LogP contribution is 2.41. The number of thioether (sulfide) groups is 1. The highest BCUT2D eigenvalue weighted by molar-refractivity contribution is 8.00. The molecular formula is C26H33N3O8S. The lowest BCUT2D eigenvalue weighted by Gasteiger charge is -2.49. The normalized spacial score (nSPS) is 19.9. The van der Waals surface area contributed by atoms with Crippen molar-refractivity contribution in [3.8, 4) is 5.75 Å². The van der Waals surface area contributed by atoms with E-state index in [-0.39, 0.29) is 12.3 Å². The molecule has 2 aliphatic rings. The van der Waals surface area contributed by atoms with E-state index in [1.807, 2.05) is 0 Å². The van der Waals surface area contributed by atoms with E-state index in [0.29, 0.717) is 22.6 Å². The van der Waals surface area contributed by atoms with Crippen LogP contribution >= 0.6 is 11.8 Å². The SMILES string of the molecule is CC=CC1=C(C(=O)O)N2C(=O)C(NC(=O)[C@H](NC(=O)OC(C)(C)C)c3ccc(COC)c(OC)c3)[C@@H]2SC1. The Kier molecular flexibility index (Phi) is 9.10. The standard InChI is InChI=1S/C26H33N3O8S/c1-7-8-16-13-38-23-19(22(31)29(23)20(16)24(32)33)27-21(30)18(28-25(34)37-26(2,3)4)14-9-10-15(12-35-5)17(11-14)36-6/h7-11,18-19,23H,12-13H2,1-6H3,(H,27,30)(H,28,34)(H,32,33)/t18-,19?,23+/m1/s1. The number of amides is 3. The number of rotatable bonds is 9. The number of β-lactam (4-membered cyclic amide) rings is 1. The van der Waals surface area contributed by atoms with Crippen molar-refractivity contribution >= 4 is 35.6 Å². The summed E-state index contributed by atoms with van der Waals surface area (Å²) < 4.78 is 16.0. The molecule has 0 aliphatic carbocycles. The molecule has 3 amide bonds. The first-order valence-corrected chi connectivity index (χ1v) is 13.0. The summed E-state index contributed by atoms with van der Waals surface area (Å²) in [6, 6.07) is 2.78. The van der Waals surface area contributed by atoms with Gasteiger partial charge < -0.3 is 30.0 Å². The maximum atomic E-state index is 13.5. The summed E-state index contributed by atoms with van der Waals surface area (Å²) in [5.41, 5.74) is 0.754. The number of fused-ring (bicyclic) bond motifs is 1. The summed E-state index contributed by atoms with van der Waals surface area (Å²) in [6.07, 6.45) is 2.55. The summed E-state index contributed by atoms with van der Waals surface area (Å²) in [6.45, 7) is 7.13. The lowest BCUT2D eigenvalue weighted by atomic mass is 10.00. The predicted molar refractivity (Wildman–Crippen MR) is 140 cm³/mol. The number of methoxy groups -OCH3 is 2. The van der Waals surface area contributed by atoms with Crippen LogP contribution < -0.4 is 15.4 Å². The van der Waals surface area contributed by atoms with E-state index in [1.54, 1.807) is 65.2 Å². The zero-order valence-electron chi connectivity index (χ0n) is 22.2. The Morgan fingerprint density at radius 2 is 1.97 bits per heavy atom. The number of carboxylic acids is 1. The number of carbonyl (C=O) groups excluding carboxylic acids is 3. The number of benzene rings is 1. The van der Waals surface area contributed by atoms with E-state index in [9.17, 15) is 24.3 Å². The molecule has 2 heterocycles. The Morgan fingerprint density at radius 1 is 1.26 bits per heavy atom. The van der Waals surface area contributed by atoms with E-state index in [4.69, 9.17) is 14.2 Å². The van der Waals surface area contributed by atoms with Crippen molar-refractivity contribution < 1.29 is 38.5 Å². The first-order chi connectivity index (χ1) is 17.9. The van der Waals surface area contributed by atoms with Gasteiger partial charge in [0.15, 0.2) is 0 Å². The molecule has 3 N–H and O–H groups in total.